The van der Waals surface area contributed by atoms with Crippen LogP contribution in [0.1, 0.15) is 33.5 Å². The Morgan fingerprint density at radius 3 is 2.23 bits per heavy atom. The van der Waals surface area contributed by atoms with Crippen LogP contribution in [0.25, 0.3) is 0 Å². The van der Waals surface area contributed by atoms with Crippen LogP contribution >= 0.6 is 22.6 Å². The van der Waals surface area contributed by atoms with Gasteiger partial charge in [-0.25, -0.2) is 0 Å². The van der Waals surface area contributed by atoms with Crippen LogP contribution in [0.5, 0.6) is 0 Å². The molecule has 0 saturated carbocycles. The highest BCUT2D eigenvalue weighted by molar-refractivity contribution is 14.1. The molecule has 0 bridgehead atoms. The molecule has 8 heteroatoms. The van der Waals surface area contributed by atoms with Crippen molar-refractivity contribution in [2.75, 3.05) is 44.4 Å². The number of hydrogen-bond acceptors (Lipinski definition) is 3. The van der Waals surface area contributed by atoms with E-state index in [1.54, 1.807) is 30.1 Å². The zero-order valence-corrected chi connectivity index (χ0v) is 20.0. The predicted octanol–water partition coefficient (Wildman–Crippen LogP) is 5.57. The summed E-state index contributed by atoms with van der Waals surface area (Å²) in [5.41, 5.74) is 0.992. The number of nitrogens with zero attached hydrogens (tertiary/aromatic N) is 2. The van der Waals surface area contributed by atoms with E-state index in [-0.39, 0.29) is 16.9 Å². The first-order chi connectivity index (χ1) is 13.9. The van der Waals surface area contributed by atoms with E-state index in [0.717, 1.165) is 15.7 Å². The second-order valence-electron chi connectivity index (χ2n) is 7.65. The molecule has 0 spiro atoms. The van der Waals surface area contributed by atoms with Crippen LogP contribution in [0.15, 0.2) is 30.3 Å². The molecule has 2 aromatic carbocycles. The number of amides is 1. The fraction of sp³-hybridized carbons (Fsp3) is 0.409. The molecule has 0 aromatic heterocycles. The third kappa shape index (κ3) is 6.10. The minimum absolute atomic E-state index is 0.00332. The van der Waals surface area contributed by atoms with E-state index in [2.05, 4.69) is 27.9 Å². The number of carbonyl (C=O) groups excluding carboxylic acids is 1. The van der Waals surface area contributed by atoms with Crippen molar-refractivity contribution in [1.82, 2.24) is 4.90 Å². The van der Waals surface area contributed by atoms with Crippen LogP contribution in [0.3, 0.4) is 0 Å². The first-order valence-electron chi connectivity index (χ1n) is 9.56. The standard InChI is InChI=1S/C22H27F3IN3O/c1-14-7-9-16(13-17(14)26)21(30)27-18-10-8-15(2)19(22(23,24)25)20(18)29(5)12-6-11-28(3)4/h7-10,13H,6,11-12H2,1-5H3,(H,27,30). The maximum absolute atomic E-state index is 13.9. The van der Waals surface area contributed by atoms with Crippen molar-refractivity contribution >= 4 is 39.9 Å². The molecule has 0 aliphatic carbocycles. The lowest BCUT2D eigenvalue weighted by Gasteiger charge is -2.28. The molecule has 0 heterocycles. The summed E-state index contributed by atoms with van der Waals surface area (Å²) in [6, 6.07) is 8.16. The number of rotatable bonds is 7. The smallest absolute Gasteiger partial charge is 0.372 e. The molecule has 2 rings (SSSR count). The third-order valence-electron chi connectivity index (χ3n) is 4.83. The molecule has 0 saturated heterocycles. The van der Waals surface area contributed by atoms with E-state index in [4.69, 9.17) is 0 Å². The van der Waals surface area contributed by atoms with E-state index >= 15 is 0 Å². The van der Waals surface area contributed by atoms with Gasteiger partial charge in [0.25, 0.3) is 5.91 Å². The van der Waals surface area contributed by atoms with Crippen LogP contribution < -0.4 is 10.2 Å². The van der Waals surface area contributed by atoms with Gasteiger partial charge in [-0.1, -0.05) is 12.1 Å². The van der Waals surface area contributed by atoms with Gasteiger partial charge in [-0.3, -0.25) is 4.79 Å². The lowest BCUT2D eigenvalue weighted by molar-refractivity contribution is -0.137. The van der Waals surface area contributed by atoms with Crippen molar-refractivity contribution in [2.24, 2.45) is 0 Å². The fourth-order valence-corrected chi connectivity index (χ4v) is 3.73. The number of aryl methyl sites for hydroxylation is 2. The second kappa shape index (κ2) is 10.00. The maximum Gasteiger partial charge on any atom is 0.418 e. The van der Waals surface area contributed by atoms with Crippen molar-refractivity contribution in [3.63, 3.8) is 0 Å². The molecule has 0 atom stereocenters. The van der Waals surface area contributed by atoms with Crippen LogP contribution in [-0.2, 0) is 6.18 Å². The van der Waals surface area contributed by atoms with Gasteiger partial charge in [0.2, 0.25) is 0 Å². The SMILES string of the molecule is Cc1ccc(C(=O)Nc2ccc(C)c(C(F)(F)F)c2N(C)CCCN(C)C)cc1I. The monoisotopic (exact) mass is 533 g/mol. The summed E-state index contributed by atoms with van der Waals surface area (Å²) >= 11 is 2.13. The van der Waals surface area contributed by atoms with E-state index in [9.17, 15) is 18.0 Å². The van der Waals surface area contributed by atoms with Gasteiger partial charge in [-0.05, 0) is 92.8 Å². The maximum atomic E-state index is 13.9. The van der Waals surface area contributed by atoms with E-state index in [1.165, 1.54) is 13.0 Å². The van der Waals surface area contributed by atoms with Crippen molar-refractivity contribution < 1.29 is 18.0 Å². The second-order valence-corrected chi connectivity index (χ2v) is 8.81. The van der Waals surface area contributed by atoms with Gasteiger partial charge in [-0.15, -0.1) is 0 Å². The number of anilines is 2. The molecule has 1 N–H and O–H groups in total. The van der Waals surface area contributed by atoms with Gasteiger partial charge >= 0.3 is 6.18 Å². The van der Waals surface area contributed by atoms with Crippen molar-refractivity contribution in [2.45, 2.75) is 26.4 Å². The summed E-state index contributed by atoms with van der Waals surface area (Å²) < 4.78 is 42.6. The van der Waals surface area contributed by atoms with Crippen molar-refractivity contribution in [1.29, 1.82) is 0 Å². The Kier molecular flexibility index (Phi) is 8.15. The van der Waals surface area contributed by atoms with E-state index in [0.29, 0.717) is 18.5 Å². The summed E-state index contributed by atoms with van der Waals surface area (Å²) in [5.74, 6) is -0.437. The minimum atomic E-state index is -4.53. The Hall–Kier alpha value is -1.81. The zero-order valence-electron chi connectivity index (χ0n) is 17.8. The fourth-order valence-electron chi connectivity index (χ4n) is 3.21. The molecule has 0 aliphatic heterocycles. The molecular weight excluding hydrogens is 506 g/mol. The van der Waals surface area contributed by atoms with Gasteiger partial charge < -0.3 is 15.1 Å². The molecule has 2 aromatic rings. The van der Waals surface area contributed by atoms with Crippen molar-refractivity contribution in [3.8, 4) is 0 Å². The van der Waals surface area contributed by atoms with Gasteiger partial charge in [-0.2, -0.15) is 13.2 Å². The van der Waals surface area contributed by atoms with Crippen LogP contribution in [-0.4, -0.2) is 45.0 Å². The average molecular weight is 533 g/mol. The predicted molar refractivity (Wildman–Crippen MR) is 124 cm³/mol. The Morgan fingerprint density at radius 1 is 1.03 bits per heavy atom. The van der Waals surface area contributed by atoms with Gasteiger partial charge in [0.15, 0.2) is 0 Å². The quantitative estimate of drug-likeness (QED) is 0.473. The highest BCUT2D eigenvalue weighted by atomic mass is 127. The Morgan fingerprint density at radius 2 is 1.67 bits per heavy atom. The Labute approximate surface area is 189 Å². The topological polar surface area (TPSA) is 35.6 Å². The number of benzene rings is 2. The molecule has 0 fully saturated rings. The molecule has 30 heavy (non-hydrogen) atoms. The lowest BCUT2D eigenvalue weighted by Crippen LogP contribution is -2.28. The van der Waals surface area contributed by atoms with E-state index in [1.807, 2.05) is 32.0 Å². The third-order valence-corrected chi connectivity index (χ3v) is 5.99. The number of nitrogens with one attached hydrogen (secondary N) is 1. The minimum Gasteiger partial charge on any atom is -0.372 e. The van der Waals surface area contributed by atoms with Crippen LogP contribution in [0.4, 0.5) is 24.5 Å². The summed E-state index contributed by atoms with van der Waals surface area (Å²) in [6.07, 6.45) is -3.84. The summed E-state index contributed by atoms with van der Waals surface area (Å²) in [6.45, 7) is 4.55. The lowest BCUT2D eigenvalue weighted by atomic mass is 10.0. The number of carbonyl (C=O) groups is 1. The van der Waals surface area contributed by atoms with Crippen LogP contribution in [0.2, 0.25) is 0 Å². The number of alkyl halides is 3. The van der Waals surface area contributed by atoms with Gasteiger partial charge in [0, 0.05) is 22.7 Å². The van der Waals surface area contributed by atoms with Crippen molar-refractivity contribution in [3.05, 3.63) is 56.2 Å². The molecular formula is C22H27F3IN3O. The number of hydrogen-bond donors (Lipinski definition) is 1. The molecule has 164 valence electrons. The molecule has 0 aliphatic rings. The molecule has 1 amide bonds. The first kappa shape index (κ1) is 24.5. The Bertz CT molecular complexity index is 913. The van der Waals surface area contributed by atoms with Crippen LogP contribution in [0, 0.1) is 17.4 Å². The molecule has 0 unspecified atom stereocenters. The highest BCUT2D eigenvalue weighted by Gasteiger charge is 2.37. The van der Waals surface area contributed by atoms with Gasteiger partial charge in [0.05, 0.1) is 16.9 Å². The summed E-state index contributed by atoms with van der Waals surface area (Å²) in [5, 5.41) is 2.70. The molecule has 4 nitrogen and oxygen atoms in total. The molecule has 0 radical (unpaired) electrons. The highest BCUT2D eigenvalue weighted by Crippen LogP contribution is 2.43. The van der Waals surface area contributed by atoms with Gasteiger partial charge in [0.1, 0.15) is 0 Å². The normalized spacial score (nSPS) is 11.7. The number of halogens is 4. The summed E-state index contributed by atoms with van der Waals surface area (Å²) in [4.78, 5) is 16.3. The zero-order chi connectivity index (χ0) is 22.6. The first-order valence-corrected chi connectivity index (χ1v) is 10.6. The van der Waals surface area contributed by atoms with E-state index < -0.39 is 17.6 Å². The summed E-state index contributed by atoms with van der Waals surface area (Å²) in [7, 11) is 5.47. The Balaban J connectivity index is 2.44. The largest absolute Gasteiger partial charge is 0.418 e. The average Bonchev–Trinajstić information content (AvgIpc) is 2.63.